The van der Waals surface area contributed by atoms with Crippen LogP contribution >= 0.6 is 0 Å². The minimum atomic E-state index is 0.395. The largest absolute Gasteiger partial charge is 0.313 e. The molecule has 0 aromatic heterocycles. The summed E-state index contributed by atoms with van der Waals surface area (Å²) >= 11 is 0. The van der Waals surface area contributed by atoms with Gasteiger partial charge >= 0.3 is 0 Å². The van der Waals surface area contributed by atoms with E-state index in [0.29, 0.717) is 6.04 Å². The third kappa shape index (κ3) is 1.31. The van der Waals surface area contributed by atoms with Crippen LogP contribution in [0.25, 0.3) is 11.3 Å². The van der Waals surface area contributed by atoms with Crippen LogP contribution in [0.5, 0.6) is 0 Å². The topological polar surface area (TPSA) is 12.0 Å². The number of nitrogens with one attached hydrogen (secondary N) is 1. The molecule has 0 heterocycles. The van der Waals surface area contributed by atoms with Crippen LogP contribution in [0.2, 0.25) is 0 Å². The quantitative estimate of drug-likeness (QED) is 0.718. The Bertz CT molecular complexity index is 504. The summed E-state index contributed by atoms with van der Waals surface area (Å²) in [5.41, 5.74) is 6.04. The van der Waals surface area contributed by atoms with Gasteiger partial charge in [-0.1, -0.05) is 18.2 Å². The average Bonchev–Trinajstić information content (AvgIpc) is 2.53. The molecule has 0 amide bonds. The van der Waals surface area contributed by atoms with E-state index in [1.807, 2.05) is 7.05 Å². The zero-order valence-corrected chi connectivity index (χ0v) is 8.89. The number of hydrogen-bond donors (Lipinski definition) is 1. The van der Waals surface area contributed by atoms with Gasteiger partial charge in [-0.3, -0.25) is 0 Å². The molecule has 0 spiro atoms. The summed E-state index contributed by atoms with van der Waals surface area (Å²) < 4.78 is 0. The number of hydrogen-bond acceptors (Lipinski definition) is 1. The van der Waals surface area contributed by atoms with Crippen molar-refractivity contribution in [1.82, 2.24) is 5.32 Å². The lowest BCUT2D eigenvalue weighted by molar-refractivity contribution is 0.741. The van der Waals surface area contributed by atoms with Crippen LogP contribution in [0.3, 0.4) is 0 Å². The van der Waals surface area contributed by atoms with Crippen LogP contribution in [-0.4, -0.2) is 13.1 Å². The molecule has 1 aliphatic rings. The zero-order chi connectivity index (χ0) is 10.1. The van der Waals surface area contributed by atoms with Crippen molar-refractivity contribution in [2.45, 2.75) is 19.9 Å². The van der Waals surface area contributed by atoms with Gasteiger partial charge in [-0.25, -0.2) is 0 Å². The summed E-state index contributed by atoms with van der Waals surface area (Å²) in [6.07, 6.45) is 0. The standard InChI is InChI=1S/C13H15N/c1-9-8-11-6-4-5-7-12(11)13(9)10(2)14-3/h4-7,10,14H,1-3H3. The Labute approximate surface area is 84.5 Å². The van der Waals surface area contributed by atoms with E-state index in [1.54, 1.807) is 0 Å². The number of benzene rings is 1. The van der Waals surface area contributed by atoms with Crippen LogP contribution < -0.4 is 15.8 Å². The lowest BCUT2D eigenvalue weighted by Gasteiger charge is -2.12. The number of fused-ring (bicyclic) bond motifs is 1. The number of rotatable bonds is 2. The lowest BCUT2D eigenvalue weighted by Crippen LogP contribution is -2.31. The van der Waals surface area contributed by atoms with Gasteiger partial charge in [0.1, 0.15) is 0 Å². The predicted molar refractivity (Wildman–Crippen MR) is 60.2 cm³/mol. The van der Waals surface area contributed by atoms with Crippen LogP contribution in [0.15, 0.2) is 29.8 Å². The Morgan fingerprint density at radius 1 is 1.29 bits per heavy atom. The average molecular weight is 185 g/mol. The first-order valence-electron chi connectivity index (χ1n) is 4.98. The molecule has 1 aliphatic carbocycles. The zero-order valence-electron chi connectivity index (χ0n) is 8.89. The second kappa shape index (κ2) is 3.45. The van der Waals surface area contributed by atoms with Crippen LogP contribution in [0, 0.1) is 0 Å². The third-order valence-electron chi connectivity index (χ3n) is 2.81. The molecule has 1 atom stereocenters. The molecule has 1 nitrogen and oxygen atoms in total. The van der Waals surface area contributed by atoms with E-state index in [4.69, 9.17) is 0 Å². The predicted octanol–water partition coefficient (Wildman–Crippen LogP) is 0.784. The minimum absolute atomic E-state index is 0.395. The van der Waals surface area contributed by atoms with E-state index in [-0.39, 0.29) is 0 Å². The third-order valence-corrected chi connectivity index (χ3v) is 2.81. The molecule has 0 radical (unpaired) electrons. The second-order valence-corrected chi connectivity index (χ2v) is 3.72. The van der Waals surface area contributed by atoms with E-state index in [1.165, 1.54) is 21.6 Å². The van der Waals surface area contributed by atoms with Gasteiger partial charge in [0.15, 0.2) is 0 Å². The van der Waals surface area contributed by atoms with Crippen molar-refractivity contribution in [1.29, 1.82) is 0 Å². The molecule has 72 valence electrons. The minimum Gasteiger partial charge on any atom is -0.313 e. The summed E-state index contributed by atoms with van der Waals surface area (Å²) in [6.45, 7) is 4.31. The highest BCUT2D eigenvalue weighted by Crippen LogP contribution is 2.13. The van der Waals surface area contributed by atoms with Crippen molar-refractivity contribution in [3.05, 3.63) is 40.3 Å². The fourth-order valence-electron chi connectivity index (χ4n) is 2.00. The maximum Gasteiger partial charge on any atom is 0.0304 e. The molecule has 0 aliphatic heterocycles. The molecule has 0 bridgehead atoms. The summed E-state index contributed by atoms with van der Waals surface area (Å²) in [6, 6.07) is 8.83. The Morgan fingerprint density at radius 2 is 2.00 bits per heavy atom. The Balaban J connectivity index is 2.73. The first-order valence-corrected chi connectivity index (χ1v) is 4.98. The molecule has 0 fully saturated rings. The monoisotopic (exact) mass is 185 g/mol. The second-order valence-electron chi connectivity index (χ2n) is 3.72. The van der Waals surface area contributed by atoms with Gasteiger partial charge in [-0.15, -0.1) is 5.73 Å². The fourth-order valence-corrected chi connectivity index (χ4v) is 2.00. The van der Waals surface area contributed by atoms with Gasteiger partial charge in [-0.05, 0) is 43.3 Å². The molecular weight excluding hydrogens is 170 g/mol. The van der Waals surface area contributed by atoms with Crippen molar-refractivity contribution in [3.8, 4) is 0 Å². The maximum atomic E-state index is 3.40. The molecular formula is C13H15N. The highest BCUT2D eigenvalue weighted by Gasteiger charge is 2.12. The van der Waals surface area contributed by atoms with Crippen LogP contribution in [0.1, 0.15) is 13.8 Å². The molecule has 0 saturated carbocycles. The maximum absolute atomic E-state index is 3.40. The highest BCUT2D eigenvalue weighted by molar-refractivity contribution is 5.74. The SMILES string of the molecule is CNC(C)C1=c2ccccc2=C=C1C. The van der Waals surface area contributed by atoms with Crippen LogP contribution in [0.4, 0.5) is 0 Å². The molecule has 1 aromatic carbocycles. The van der Waals surface area contributed by atoms with Gasteiger partial charge in [-0.2, -0.15) is 0 Å². The molecule has 0 saturated heterocycles. The van der Waals surface area contributed by atoms with Crippen molar-refractivity contribution in [3.63, 3.8) is 0 Å². The Kier molecular flexibility index (Phi) is 2.28. The van der Waals surface area contributed by atoms with Crippen molar-refractivity contribution in [2.75, 3.05) is 7.05 Å². The van der Waals surface area contributed by atoms with Gasteiger partial charge in [0.05, 0.1) is 0 Å². The van der Waals surface area contributed by atoms with E-state index >= 15 is 0 Å². The highest BCUT2D eigenvalue weighted by atomic mass is 14.9. The first kappa shape index (κ1) is 9.26. The Morgan fingerprint density at radius 3 is 2.71 bits per heavy atom. The van der Waals surface area contributed by atoms with Gasteiger partial charge < -0.3 is 5.32 Å². The van der Waals surface area contributed by atoms with Gasteiger partial charge in [0.25, 0.3) is 0 Å². The van der Waals surface area contributed by atoms with E-state index in [9.17, 15) is 0 Å². The normalized spacial score (nSPS) is 15.9. The summed E-state index contributed by atoms with van der Waals surface area (Å²) in [5.74, 6) is 0. The van der Waals surface area contributed by atoms with Crippen molar-refractivity contribution in [2.24, 2.45) is 0 Å². The summed E-state index contributed by atoms with van der Waals surface area (Å²) in [5, 5.41) is 5.83. The molecule has 1 heteroatoms. The molecule has 2 rings (SSSR count). The van der Waals surface area contributed by atoms with Crippen LogP contribution in [-0.2, 0) is 0 Å². The lowest BCUT2D eigenvalue weighted by atomic mass is 10.0. The summed E-state index contributed by atoms with van der Waals surface area (Å²) in [4.78, 5) is 0. The molecule has 1 unspecified atom stereocenters. The molecule has 1 aromatic rings. The van der Waals surface area contributed by atoms with E-state index in [2.05, 4.69) is 49.2 Å². The molecule has 1 N–H and O–H groups in total. The van der Waals surface area contributed by atoms with Crippen molar-refractivity contribution >= 4 is 11.3 Å². The summed E-state index contributed by atoms with van der Waals surface area (Å²) in [7, 11) is 1.99. The fraction of sp³-hybridized carbons (Fsp3) is 0.308. The van der Waals surface area contributed by atoms with Gasteiger partial charge in [0.2, 0.25) is 0 Å². The smallest absolute Gasteiger partial charge is 0.0304 e. The van der Waals surface area contributed by atoms with E-state index in [0.717, 1.165) is 0 Å². The Hall–Kier alpha value is -1.30. The first-order chi connectivity index (χ1) is 6.74. The molecule has 14 heavy (non-hydrogen) atoms. The van der Waals surface area contributed by atoms with Crippen molar-refractivity contribution < 1.29 is 0 Å². The van der Waals surface area contributed by atoms with E-state index < -0.39 is 0 Å². The van der Waals surface area contributed by atoms with Gasteiger partial charge in [0, 0.05) is 11.3 Å².